The van der Waals surface area contributed by atoms with Gasteiger partial charge in [-0.1, -0.05) is 17.8 Å². The highest BCUT2D eigenvalue weighted by atomic mass is 31.2. The molecule has 0 radical (unpaired) electrons. The van der Waals surface area contributed by atoms with Crippen LogP contribution in [0.25, 0.3) is 0 Å². The molecule has 0 bridgehead atoms. The minimum absolute atomic E-state index is 0.0845. The van der Waals surface area contributed by atoms with Gasteiger partial charge in [0.15, 0.2) is 0 Å². The van der Waals surface area contributed by atoms with Gasteiger partial charge in [0.1, 0.15) is 11.8 Å². The quantitative estimate of drug-likeness (QED) is 0.332. The summed E-state index contributed by atoms with van der Waals surface area (Å²) in [7, 11) is -1.54. The smallest absolute Gasteiger partial charge is 0.330 e. The fraction of sp³-hybridized carbons (Fsp3) is 0.609. The first-order valence-electron chi connectivity index (χ1n) is 11.4. The van der Waals surface area contributed by atoms with Gasteiger partial charge in [0.2, 0.25) is 0 Å². The predicted molar refractivity (Wildman–Crippen MR) is 126 cm³/mol. The Bertz CT molecular complexity index is 1070. The number of H-pyrrole nitrogens is 1. The molecule has 0 spiro atoms. The fourth-order valence-corrected chi connectivity index (χ4v) is 5.13. The van der Waals surface area contributed by atoms with E-state index < -0.39 is 38.2 Å². The summed E-state index contributed by atoms with van der Waals surface area (Å²) in [6.07, 6.45) is 5.34. The Balaban J connectivity index is 2.30. The number of nitriles is 1. The minimum atomic E-state index is -1.54. The maximum Gasteiger partial charge on any atom is 0.330 e. The molecule has 1 aliphatic rings. The maximum absolute atomic E-state index is 12.5. The minimum Gasteiger partial charge on any atom is -0.352 e. The van der Waals surface area contributed by atoms with Crippen LogP contribution in [0.4, 0.5) is 0 Å². The Hall–Kier alpha value is -2.44. The Labute approximate surface area is 197 Å². The lowest BCUT2D eigenvalue weighted by molar-refractivity contribution is -0.00878. The average Bonchev–Trinajstić information content (AvgIpc) is 3.17. The van der Waals surface area contributed by atoms with Gasteiger partial charge in [-0.05, 0) is 34.6 Å². The van der Waals surface area contributed by atoms with Gasteiger partial charge in [0, 0.05) is 26.1 Å². The van der Waals surface area contributed by atoms with E-state index in [1.165, 1.54) is 10.8 Å². The number of hydrogen-bond acceptors (Lipinski definition) is 7. The topological polar surface area (TPSA) is 110 Å². The lowest BCUT2D eigenvalue weighted by Crippen LogP contribution is -2.35. The van der Waals surface area contributed by atoms with E-state index in [1.807, 2.05) is 27.7 Å². The van der Waals surface area contributed by atoms with Crippen molar-refractivity contribution in [1.29, 1.82) is 5.26 Å². The lowest BCUT2D eigenvalue weighted by Gasteiger charge is -2.37. The van der Waals surface area contributed by atoms with Crippen LogP contribution in [0.1, 0.15) is 67.0 Å². The summed E-state index contributed by atoms with van der Waals surface area (Å²) in [4.78, 5) is 26.8. The van der Waals surface area contributed by atoms with E-state index in [1.54, 1.807) is 0 Å². The first kappa shape index (κ1) is 25.2. The van der Waals surface area contributed by atoms with Crippen molar-refractivity contribution in [2.45, 2.75) is 84.4 Å². The van der Waals surface area contributed by atoms with E-state index in [9.17, 15) is 9.59 Å². The van der Waals surface area contributed by atoms with Crippen LogP contribution in [-0.2, 0) is 13.8 Å². The normalized spacial score (nSPS) is 21.4. The van der Waals surface area contributed by atoms with Gasteiger partial charge in [-0.15, -0.1) is 6.42 Å². The SMILES string of the molecule is [2H]C[C@H]1O[C@@H](n2cc(C#CCC#C)c(=O)[nH]c2=O)C[C@H]1OP(OCCC#N)N(C(C)C)C(C)C. The van der Waals surface area contributed by atoms with Crippen LogP contribution in [0.15, 0.2) is 15.8 Å². The number of hydrogen-bond donors (Lipinski definition) is 1. The molecule has 1 aromatic heterocycles. The summed E-state index contributed by atoms with van der Waals surface area (Å²) in [5.41, 5.74) is -1.15. The largest absolute Gasteiger partial charge is 0.352 e. The monoisotopic (exact) mass is 475 g/mol. The van der Waals surface area contributed by atoms with Gasteiger partial charge in [-0.3, -0.25) is 14.3 Å². The van der Waals surface area contributed by atoms with Crippen molar-refractivity contribution < 1.29 is 15.2 Å². The first-order chi connectivity index (χ1) is 16.2. The second-order valence-corrected chi connectivity index (χ2v) is 9.35. The fourth-order valence-electron chi connectivity index (χ4n) is 3.37. The maximum atomic E-state index is 12.5. The molecule has 1 aromatic rings. The zero-order chi connectivity index (χ0) is 25.3. The van der Waals surface area contributed by atoms with E-state index in [4.69, 9.17) is 26.8 Å². The Kier molecular flexibility index (Phi) is 9.70. The Morgan fingerprint density at radius 2 is 2.15 bits per heavy atom. The molecule has 1 saturated heterocycles. The van der Waals surface area contributed by atoms with E-state index >= 15 is 0 Å². The molecule has 33 heavy (non-hydrogen) atoms. The van der Waals surface area contributed by atoms with Gasteiger partial charge in [-0.2, -0.15) is 5.26 Å². The molecule has 10 heteroatoms. The third kappa shape index (κ3) is 7.27. The van der Waals surface area contributed by atoms with Crippen molar-refractivity contribution in [3.05, 3.63) is 32.6 Å². The average molecular weight is 476 g/mol. The van der Waals surface area contributed by atoms with Gasteiger partial charge >= 0.3 is 5.69 Å². The first-order valence-corrected chi connectivity index (χ1v) is 11.8. The predicted octanol–water partition coefficient (Wildman–Crippen LogP) is 2.88. The number of rotatable bonds is 9. The Morgan fingerprint density at radius 3 is 2.76 bits per heavy atom. The van der Waals surface area contributed by atoms with Gasteiger partial charge < -0.3 is 13.8 Å². The van der Waals surface area contributed by atoms with Gasteiger partial charge in [0.05, 0.1) is 37.7 Å². The number of aromatic amines is 1. The highest BCUT2D eigenvalue weighted by Gasteiger charge is 2.39. The van der Waals surface area contributed by atoms with Crippen molar-refractivity contribution in [3.63, 3.8) is 0 Å². The summed E-state index contributed by atoms with van der Waals surface area (Å²) in [6, 6.07) is 2.30. The van der Waals surface area contributed by atoms with E-state index in [0.29, 0.717) is 0 Å². The van der Waals surface area contributed by atoms with Crippen LogP contribution in [0.5, 0.6) is 0 Å². The summed E-state index contributed by atoms with van der Waals surface area (Å²) < 4.78 is 29.6. The van der Waals surface area contributed by atoms with Crippen molar-refractivity contribution in [3.8, 4) is 30.3 Å². The molecule has 2 rings (SSSR count). The molecule has 0 aromatic carbocycles. The molecule has 0 amide bonds. The molecule has 9 nitrogen and oxygen atoms in total. The number of aromatic nitrogens is 2. The zero-order valence-corrected chi connectivity index (χ0v) is 20.3. The summed E-state index contributed by atoms with van der Waals surface area (Å²) in [6.45, 7) is 8.27. The number of nitrogens with zero attached hydrogens (tertiary/aromatic N) is 3. The second-order valence-electron chi connectivity index (χ2n) is 7.95. The molecular formula is C23H31N4O5P. The summed E-state index contributed by atoms with van der Waals surface area (Å²) in [5.74, 6) is 7.73. The van der Waals surface area contributed by atoms with Gasteiger partial charge in [-0.25, -0.2) is 9.46 Å². The summed E-state index contributed by atoms with van der Waals surface area (Å²) in [5, 5.41) is 8.90. The van der Waals surface area contributed by atoms with Crippen molar-refractivity contribution in [2.24, 2.45) is 0 Å². The number of ether oxygens (including phenoxy) is 1. The number of nitrogens with one attached hydrogen (secondary N) is 1. The Morgan fingerprint density at radius 1 is 1.42 bits per heavy atom. The standard InChI is InChI=1S/C23H31N4O5P/c1-7-8-9-11-19-15-26(23(29)25-22(19)28)21-14-20(18(6)31-21)32-33(30-13-10-12-24)27(16(2)3)17(4)5/h1,15-18,20-21H,8,10,13-14H2,2-6H3,(H,25,28,29)/t18-,20-,21-,33?/m1/s1/i6D. The zero-order valence-electron chi connectivity index (χ0n) is 20.4. The third-order valence-corrected chi connectivity index (χ3v) is 6.92. The highest BCUT2D eigenvalue weighted by Crippen LogP contribution is 2.49. The van der Waals surface area contributed by atoms with Crippen LogP contribution < -0.4 is 11.2 Å². The van der Waals surface area contributed by atoms with Crippen molar-refractivity contribution >= 4 is 8.53 Å². The molecular weight excluding hydrogens is 443 g/mol. The molecule has 0 saturated carbocycles. The molecule has 1 unspecified atom stereocenters. The molecule has 0 aliphatic carbocycles. The molecule has 2 heterocycles. The van der Waals surface area contributed by atoms with Crippen LogP contribution in [-0.4, -0.2) is 45.1 Å². The summed E-state index contributed by atoms with van der Waals surface area (Å²) >= 11 is 0. The van der Waals surface area contributed by atoms with E-state index in [2.05, 4.69) is 33.5 Å². The van der Waals surface area contributed by atoms with Crippen LogP contribution >= 0.6 is 8.53 Å². The van der Waals surface area contributed by atoms with Crippen LogP contribution in [0.3, 0.4) is 0 Å². The molecule has 1 fully saturated rings. The van der Waals surface area contributed by atoms with Crippen molar-refractivity contribution in [1.82, 2.24) is 14.2 Å². The highest BCUT2D eigenvalue weighted by molar-refractivity contribution is 7.44. The third-order valence-electron chi connectivity index (χ3n) is 4.76. The number of terminal acetylenes is 1. The van der Waals surface area contributed by atoms with Crippen LogP contribution in [0, 0.1) is 35.5 Å². The molecule has 4 atom stereocenters. The molecule has 1 aliphatic heterocycles. The molecule has 1 N–H and O–H groups in total. The van der Waals surface area contributed by atoms with E-state index in [0.717, 1.165) is 0 Å². The van der Waals surface area contributed by atoms with E-state index in [-0.39, 0.29) is 50.4 Å². The van der Waals surface area contributed by atoms with Gasteiger partial charge in [0.25, 0.3) is 14.1 Å². The molecule has 178 valence electrons. The van der Waals surface area contributed by atoms with Crippen molar-refractivity contribution in [2.75, 3.05) is 6.61 Å². The second kappa shape index (κ2) is 12.7. The van der Waals surface area contributed by atoms with Crippen LogP contribution in [0.2, 0.25) is 0 Å². The lowest BCUT2D eigenvalue weighted by atomic mass is 10.2.